The van der Waals surface area contributed by atoms with Crippen LogP contribution in [0.1, 0.15) is 12.8 Å². The summed E-state index contributed by atoms with van der Waals surface area (Å²) in [5.74, 6) is 0. The van der Waals surface area contributed by atoms with Gasteiger partial charge < -0.3 is 0 Å². The zero-order valence-electron chi connectivity index (χ0n) is 5.13. The third kappa shape index (κ3) is 8.52. The molecule has 58 valence electrons. The second kappa shape index (κ2) is 4.35. The van der Waals surface area contributed by atoms with Crippen LogP contribution in [-0.4, -0.2) is 15.5 Å². The zero-order valence-corrected chi connectivity index (χ0v) is 7.29. The Morgan fingerprint density at radius 2 is 1.89 bits per heavy atom. The topological polar surface area (TPSA) is 0 Å². The molecule has 0 aromatic carbocycles. The Morgan fingerprint density at radius 3 is 2.22 bits per heavy atom. The summed E-state index contributed by atoms with van der Waals surface area (Å²) >= 11 is 0.0527. The van der Waals surface area contributed by atoms with Crippen LogP contribution in [0, 0.1) is 0 Å². The van der Waals surface area contributed by atoms with Gasteiger partial charge in [0.1, 0.15) is 0 Å². The zero-order chi connectivity index (χ0) is 7.33. The van der Waals surface area contributed by atoms with Gasteiger partial charge in [-0.15, -0.1) is 0 Å². The summed E-state index contributed by atoms with van der Waals surface area (Å²) in [4.78, 5) is 2.00. The van der Waals surface area contributed by atoms with E-state index in [0.29, 0.717) is 6.42 Å². The van der Waals surface area contributed by atoms with Crippen LogP contribution < -0.4 is 21.2 Å². The van der Waals surface area contributed by atoms with Gasteiger partial charge in [0.05, 0.1) is 0 Å². The van der Waals surface area contributed by atoms with Crippen LogP contribution in [0.3, 0.4) is 0 Å². The molecule has 0 aliphatic rings. The van der Waals surface area contributed by atoms with Crippen LogP contribution in [0.15, 0.2) is 0 Å². The molecule has 0 spiro atoms. The molecule has 9 heavy (non-hydrogen) atoms. The first-order valence-electron chi connectivity index (χ1n) is 2.57. The van der Waals surface area contributed by atoms with Gasteiger partial charge in [0.15, 0.2) is 0 Å². The molecule has 0 bridgehead atoms. The van der Waals surface area contributed by atoms with E-state index >= 15 is 0 Å². The average Bonchev–Trinajstić information content (AvgIpc) is 1.63. The number of hydrogen-bond donors (Lipinski definition) is 0. The van der Waals surface area contributed by atoms with E-state index in [9.17, 15) is 13.2 Å². The standard InChI is InChI=1S/C5H9F3I/c1-9-4-2-3-5(6,7)8/h2-4H2,1H3/q-1. The van der Waals surface area contributed by atoms with Crippen molar-refractivity contribution in [3.63, 3.8) is 0 Å². The van der Waals surface area contributed by atoms with Gasteiger partial charge in [0, 0.05) is 0 Å². The predicted molar refractivity (Wildman–Crippen MR) is 26.1 cm³/mol. The Kier molecular flexibility index (Phi) is 4.61. The Labute approximate surface area is 63.1 Å². The molecule has 0 N–H and O–H groups in total. The maximum absolute atomic E-state index is 11.4. The molecule has 0 atom stereocenters. The minimum atomic E-state index is -3.93. The molecule has 0 aromatic heterocycles. The van der Waals surface area contributed by atoms with E-state index in [0.717, 1.165) is 4.43 Å². The van der Waals surface area contributed by atoms with Gasteiger partial charge in [-0.1, -0.05) is 0 Å². The number of alkyl halides is 5. The van der Waals surface area contributed by atoms with Crippen molar-refractivity contribution in [2.24, 2.45) is 0 Å². The van der Waals surface area contributed by atoms with Crippen LogP contribution in [0.5, 0.6) is 0 Å². The van der Waals surface area contributed by atoms with E-state index in [1.807, 2.05) is 4.93 Å². The molecule has 0 unspecified atom stereocenters. The van der Waals surface area contributed by atoms with Crippen molar-refractivity contribution in [1.29, 1.82) is 0 Å². The van der Waals surface area contributed by atoms with Crippen molar-refractivity contribution in [3.05, 3.63) is 0 Å². The van der Waals surface area contributed by atoms with E-state index in [1.54, 1.807) is 0 Å². The van der Waals surface area contributed by atoms with Gasteiger partial charge in [-0.3, -0.25) is 0 Å². The fourth-order valence-electron chi connectivity index (χ4n) is 0.401. The molecule has 0 aliphatic heterocycles. The average molecular weight is 253 g/mol. The van der Waals surface area contributed by atoms with E-state index in [4.69, 9.17) is 0 Å². The molecule has 0 aliphatic carbocycles. The van der Waals surface area contributed by atoms with E-state index in [2.05, 4.69) is 0 Å². The molecule has 0 nitrogen and oxygen atoms in total. The minimum absolute atomic E-state index is 0.0527. The maximum atomic E-state index is 11.4. The number of halogens is 4. The van der Waals surface area contributed by atoms with Crippen LogP contribution in [0.4, 0.5) is 13.2 Å². The first-order chi connectivity index (χ1) is 4.06. The molecule has 0 amide bonds. The molecule has 0 aromatic rings. The third-order valence-electron chi connectivity index (χ3n) is 0.783. The van der Waals surface area contributed by atoms with Gasteiger partial charge in [-0.05, 0) is 0 Å². The van der Waals surface area contributed by atoms with Gasteiger partial charge in [-0.2, -0.15) is 0 Å². The Morgan fingerprint density at radius 1 is 1.33 bits per heavy atom. The first kappa shape index (κ1) is 9.52. The molecule has 0 saturated carbocycles. The molecule has 0 heterocycles. The van der Waals surface area contributed by atoms with E-state index in [1.165, 1.54) is 0 Å². The third-order valence-corrected chi connectivity index (χ3v) is 2.62. The number of rotatable bonds is 3. The predicted octanol–water partition coefficient (Wildman–Crippen LogP) is -0.952. The Balaban J connectivity index is 3.07. The van der Waals surface area contributed by atoms with Crippen LogP contribution in [0.25, 0.3) is 0 Å². The second-order valence-electron chi connectivity index (χ2n) is 1.67. The van der Waals surface area contributed by atoms with Crippen molar-refractivity contribution < 1.29 is 34.4 Å². The summed E-state index contributed by atoms with van der Waals surface area (Å²) in [6.45, 7) is 0. The van der Waals surface area contributed by atoms with Gasteiger partial charge >= 0.3 is 62.8 Å². The molecular weight excluding hydrogens is 244 g/mol. The van der Waals surface area contributed by atoms with Crippen molar-refractivity contribution in [2.45, 2.75) is 19.0 Å². The molecule has 0 rings (SSSR count). The van der Waals surface area contributed by atoms with Crippen LogP contribution in [-0.2, 0) is 0 Å². The van der Waals surface area contributed by atoms with Crippen molar-refractivity contribution in [1.82, 2.24) is 0 Å². The monoisotopic (exact) mass is 253 g/mol. The fourth-order valence-corrected chi connectivity index (χ4v) is 1.55. The van der Waals surface area contributed by atoms with Crippen molar-refractivity contribution in [2.75, 3.05) is 9.36 Å². The fraction of sp³-hybridized carbons (Fsp3) is 1.00. The SMILES string of the molecule is C[I-]CCCC(F)(F)F. The molecular formula is C5H9F3I-. The first-order valence-corrected chi connectivity index (χ1v) is 6.25. The van der Waals surface area contributed by atoms with Gasteiger partial charge in [0.2, 0.25) is 0 Å². The van der Waals surface area contributed by atoms with Crippen molar-refractivity contribution >= 4 is 0 Å². The summed E-state index contributed by atoms with van der Waals surface area (Å²) in [5, 5.41) is 0. The van der Waals surface area contributed by atoms with E-state index in [-0.39, 0.29) is 21.2 Å². The van der Waals surface area contributed by atoms with Crippen LogP contribution in [0.2, 0.25) is 0 Å². The summed E-state index contributed by atoms with van der Waals surface area (Å²) in [6, 6.07) is 0. The molecule has 0 saturated heterocycles. The molecule has 0 fully saturated rings. The normalized spacial score (nSPS) is 12.4. The van der Waals surface area contributed by atoms with E-state index < -0.39 is 12.6 Å². The Bertz CT molecular complexity index is 69.1. The summed E-state index contributed by atoms with van der Waals surface area (Å²) in [6.07, 6.45) is -4.20. The summed E-state index contributed by atoms with van der Waals surface area (Å²) < 4.78 is 35.0. The Hall–Kier alpha value is 0.520. The molecule has 4 heteroatoms. The molecule has 0 radical (unpaired) electrons. The van der Waals surface area contributed by atoms with Gasteiger partial charge in [-0.25, -0.2) is 0 Å². The second-order valence-corrected chi connectivity index (χ2v) is 4.28. The number of hydrogen-bond acceptors (Lipinski definition) is 0. The van der Waals surface area contributed by atoms with Crippen molar-refractivity contribution in [3.8, 4) is 0 Å². The van der Waals surface area contributed by atoms with Crippen LogP contribution >= 0.6 is 0 Å². The summed E-state index contributed by atoms with van der Waals surface area (Å²) in [7, 11) is 0. The quantitative estimate of drug-likeness (QED) is 0.345. The summed E-state index contributed by atoms with van der Waals surface area (Å²) in [5.41, 5.74) is 0. The van der Waals surface area contributed by atoms with Gasteiger partial charge in [0.25, 0.3) is 0 Å².